The van der Waals surface area contributed by atoms with Gasteiger partial charge >= 0.3 is 5.97 Å². The normalized spacial score (nSPS) is 21.1. The number of nitrogens with zero attached hydrogens (tertiary/aromatic N) is 1. The van der Waals surface area contributed by atoms with Crippen LogP contribution < -0.4 is 10.6 Å². The molecule has 1 aliphatic rings. The fourth-order valence-electron chi connectivity index (χ4n) is 3.78. The maximum atomic E-state index is 13.4. The third-order valence-corrected chi connectivity index (χ3v) is 6.38. The molecule has 0 radical (unpaired) electrons. The van der Waals surface area contributed by atoms with Crippen molar-refractivity contribution in [3.05, 3.63) is 102 Å². The van der Waals surface area contributed by atoms with Crippen LogP contribution in [0.1, 0.15) is 32.3 Å². The van der Waals surface area contributed by atoms with Crippen LogP contribution in [0.25, 0.3) is 0 Å². The Morgan fingerprint density at radius 1 is 0.862 bits per heavy atom. The highest BCUT2D eigenvalue weighted by Crippen LogP contribution is 2.46. The fraction of sp³-hybridized carbons (Fsp3) is 0.130. The number of carboxylic acid groups (broad SMARTS) is 1. The Morgan fingerprint density at radius 2 is 1.45 bits per heavy atom. The maximum absolute atomic E-state index is 13.4. The molecule has 6 heteroatoms. The third kappa shape index (κ3) is 3.64. The average molecular weight is 405 g/mol. The van der Waals surface area contributed by atoms with Crippen LogP contribution in [0.3, 0.4) is 0 Å². The molecule has 0 amide bonds. The lowest BCUT2D eigenvalue weighted by Gasteiger charge is -2.30. The van der Waals surface area contributed by atoms with E-state index in [4.69, 9.17) is 0 Å². The zero-order valence-corrected chi connectivity index (χ0v) is 16.5. The van der Waals surface area contributed by atoms with Gasteiger partial charge in [0.05, 0.1) is 17.3 Å². The first kappa shape index (κ1) is 19.2. The van der Waals surface area contributed by atoms with Gasteiger partial charge in [-0.25, -0.2) is 4.79 Å². The predicted molar refractivity (Wildman–Crippen MR) is 114 cm³/mol. The molecule has 3 atom stereocenters. The van der Waals surface area contributed by atoms with Gasteiger partial charge in [0.15, 0.2) is 5.78 Å². The van der Waals surface area contributed by atoms with Crippen molar-refractivity contribution in [3.8, 4) is 0 Å². The van der Waals surface area contributed by atoms with Gasteiger partial charge in [-0.05, 0) is 17.7 Å². The van der Waals surface area contributed by atoms with Gasteiger partial charge in [-0.2, -0.15) is 0 Å². The standard InChI is InChI=1S/C23H20N2O3S/c24-23-25(18-14-8-7-13-17(18)22(27)28)19(15-9-3-1-4-10-15)21(29-23)20(26)16-11-5-2-6-12-16/h1-14,19,21,23H,24H2,(H,27,28)/p+1/t19-,21+,23?/m0/s1. The Bertz CT molecular complexity index is 1030. The zero-order chi connectivity index (χ0) is 20.4. The van der Waals surface area contributed by atoms with E-state index in [1.807, 2.05) is 71.6 Å². The molecule has 1 fully saturated rings. The number of aromatic carboxylic acids is 1. The lowest BCUT2D eigenvalue weighted by molar-refractivity contribution is -0.384. The molecular weight excluding hydrogens is 384 g/mol. The molecule has 1 unspecified atom stereocenters. The molecule has 5 nitrogen and oxygen atoms in total. The van der Waals surface area contributed by atoms with Crippen molar-refractivity contribution < 1.29 is 20.4 Å². The minimum Gasteiger partial charge on any atom is -0.478 e. The Morgan fingerprint density at radius 3 is 2.10 bits per heavy atom. The van der Waals surface area contributed by atoms with Crippen LogP contribution >= 0.6 is 11.8 Å². The number of carbonyl (C=O) groups is 2. The number of para-hydroxylation sites is 1. The topological polar surface area (TPSA) is 85.3 Å². The van der Waals surface area contributed by atoms with Crippen molar-refractivity contribution in [2.45, 2.75) is 16.8 Å². The highest BCUT2D eigenvalue weighted by atomic mass is 32.2. The minimum absolute atomic E-state index is 0.0217. The summed E-state index contributed by atoms with van der Waals surface area (Å²) in [6.45, 7) is 0. The molecule has 29 heavy (non-hydrogen) atoms. The number of Topliss-reactive ketones (excluding diaryl/α,β-unsaturated/α-hetero) is 1. The Hall–Kier alpha value is -3.09. The van der Waals surface area contributed by atoms with E-state index < -0.39 is 11.2 Å². The SMILES string of the molecule is [NH3+]C1S[C@@H](C(=O)c2ccccc2)[C@H](c2ccccc2)N1c1ccccc1C(=O)O. The van der Waals surface area contributed by atoms with Gasteiger partial charge in [0, 0.05) is 5.56 Å². The Balaban J connectivity index is 1.83. The number of rotatable bonds is 5. The number of carbonyl (C=O) groups excluding carboxylic acids is 1. The first-order valence-corrected chi connectivity index (χ1v) is 10.3. The quantitative estimate of drug-likeness (QED) is 0.635. The summed E-state index contributed by atoms with van der Waals surface area (Å²) in [7, 11) is 0. The summed E-state index contributed by atoms with van der Waals surface area (Å²) in [5.41, 5.74) is 6.32. The minimum atomic E-state index is -0.998. The van der Waals surface area contributed by atoms with Crippen molar-refractivity contribution in [2.75, 3.05) is 4.90 Å². The second kappa shape index (κ2) is 8.11. The largest absolute Gasteiger partial charge is 0.478 e. The van der Waals surface area contributed by atoms with Gasteiger partial charge in [0.1, 0.15) is 5.25 Å². The van der Waals surface area contributed by atoms with Crippen LogP contribution in [0, 0.1) is 0 Å². The second-order valence-electron chi connectivity index (χ2n) is 6.83. The molecule has 1 aliphatic heterocycles. The summed E-state index contributed by atoms with van der Waals surface area (Å²) in [6.07, 6.45) is 0. The lowest BCUT2D eigenvalue weighted by Crippen LogP contribution is -2.65. The van der Waals surface area contributed by atoms with E-state index in [1.54, 1.807) is 18.2 Å². The maximum Gasteiger partial charge on any atom is 0.337 e. The van der Waals surface area contributed by atoms with Crippen LogP contribution in [0.15, 0.2) is 84.9 Å². The monoisotopic (exact) mass is 405 g/mol. The van der Waals surface area contributed by atoms with Crippen molar-refractivity contribution in [2.24, 2.45) is 0 Å². The van der Waals surface area contributed by atoms with Crippen molar-refractivity contribution in [1.29, 1.82) is 0 Å². The van der Waals surface area contributed by atoms with Crippen LogP contribution in [0.2, 0.25) is 0 Å². The number of benzene rings is 3. The predicted octanol–water partition coefficient (Wildman–Crippen LogP) is 3.46. The molecule has 0 aromatic heterocycles. The molecule has 0 aliphatic carbocycles. The molecule has 146 valence electrons. The first-order chi connectivity index (χ1) is 14.1. The summed E-state index contributed by atoms with van der Waals surface area (Å²) in [6, 6.07) is 25.5. The molecule has 4 N–H and O–H groups in total. The van der Waals surface area contributed by atoms with Crippen LogP contribution in [-0.2, 0) is 0 Å². The molecule has 0 saturated carbocycles. The number of quaternary nitrogens is 1. The highest BCUT2D eigenvalue weighted by molar-refractivity contribution is 8.01. The van der Waals surface area contributed by atoms with Crippen molar-refractivity contribution >= 4 is 29.2 Å². The summed E-state index contributed by atoms with van der Waals surface area (Å²) < 4.78 is 0. The van der Waals surface area contributed by atoms with Crippen LogP contribution in [-0.4, -0.2) is 27.6 Å². The van der Waals surface area contributed by atoms with E-state index in [0.717, 1.165) is 5.56 Å². The molecule has 0 bridgehead atoms. The molecule has 1 heterocycles. The van der Waals surface area contributed by atoms with E-state index in [0.29, 0.717) is 11.3 Å². The second-order valence-corrected chi connectivity index (χ2v) is 8.15. The van der Waals surface area contributed by atoms with E-state index in [2.05, 4.69) is 5.73 Å². The lowest BCUT2D eigenvalue weighted by atomic mass is 9.95. The van der Waals surface area contributed by atoms with Gasteiger partial charge in [-0.1, -0.05) is 84.6 Å². The van der Waals surface area contributed by atoms with Gasteiger partial charge in [0.25, 0.3) is 0 Å². The summed E-state index contributed by atoms with van der Waals surface area (Å²) in [5, 5.41) is 9.30. The third-order valence-electron chi connectivity index (χ3n) is 5.07. The van der Waals surface area contributed by atoms with Gasteiger partial charge in [0.2, 0.25) is 5.50 Å². The van der Waals surface area contributed by atoms with Crippen molar-refractivity contribution in [3.63, 3.8) is 0 Å². The number of carboxylic acids is 1. The summed E-state index contributed by atoms with van der Waals surface area (Å²) in [4.78, 5) is 27.2. The molecule has 4 rings (SSSR count). The van der Waals surface area contributed by atoms with E-state index in [9.17, 15) is 14.7 Å². The van der Waals surface area contributed by atoms with Crippen molar-refractivity contribution in [1.82, 2.24) is 0 Å². The van der Waals surface area contributed by atoms with E-state index >= 15 is 0 Å². The fourth-order valence-corrected chi connectivity index (χ4v) is 5.19. The van der Waals surface area contributed by atoms with Gasteiger partial charge < -0.3 is 15.7 Å². The Labute approximate surface area is 173 Å². The summed E-state index contributed by atoms with van der Waals surface area (Å²) >= 11 is 1.47. The summed E-state index contributed by atoms with van der Waals surface area (Å²) in [5.74, 6) is -0.976. The molecular formula is C23H21N2O3S+. The molecule has 1 saturated heterocycles. The average Bonchev–Trinajstić information content (AvgIpc) is 3.11. The van der Waals surface area contributed by atoms with Crippen LogP contribution in [0.5, 0.6) is 0 Å². The molecule has 3 aromatic carbocycles. The number of ketones is 1. The smallest absolute Gasteiger partial charge is 0.337 e. The Kier molecular flexibility index (Phi) is 5.38. The van der Waals surface area contributed by atoms with E-state index in [-0.39, 0.29) is 22.9 Å². The van der Waals surface area contributed by atoms with Crippen LogP contribution in [0.4, 0.5) is 5.69 Å². The number of hydrogen-bond acceptors (Lipinski definition) is 4. The number of thioether (sulfide) groups is 1. The van der Waals surface area contributed by atoms with Gasteiger partial charge in [-0.15, -0.1) is 0 Å². The van der Waals surface area contributed by atoms with E-state index in [1.165, 1.54) is 11.8 Å². The first-order valence-electron chi connectivity index (χ1n) is 9.31. The molecule has 3 aromatic rings. The highest BCUT2D eigenvalue weighted by Gasteiger charge is 2.48. The number of hydrogen-bond donors (Lipinski definition) is 2. The van der Waals surface area contributed by atoms with Gasteiger partial charge in [-0.3, -0.25) is 4.79 Å². The zero-order valence-electron chi connectivity index (χ0n) is 15.6. The molecule has 0 spiro atoms. The number of anilines is 1.